The Morgan fingerprint density at radius 2 is 1.57 bits per heavy atom. The van der Waals surface area contributed by atoms with E-state index in [1.165, 1.54) is 0 Å². The Morgan fingerprint density at radius 1 is 1.07 bits per heavy atom. The molecule has 0 radical (unpaired) electrons. The molecule has 0 aromatic heterocycles. The second-order valence-corrected chi connectivity index (χ2v) is 3.81. The van der Waals surface area contributed by atoms with Crippen molar-refractivity contribution in [2.75, 3.05) is 0 Å². The molecule has 1 aliphatic carbocycles. The first-order valence-electron chi connectivity index (χ1n) is 4.48. The quantitative estimate of drug-likeness (QED) is 0.638. The van der Waals surface area contributed by atoms with Gasteiger partial charge in [0.25, 0.3) is 0 Å². The van der Waals surface area contributed by atoms with Crippen molar-refractivity contribution in [2.45, 2.75) is 26.2 Å². The van der Waals surface area contributed by atoms with Crippen molar-refractivity contribution in [3.63, 3.8) is 0 Å². The minimum atomic E-state index is -0.973. The molecule has 1 aliphatic rings. The van der Waals surface area contributed by atoms with Crippen molar-refractivity contribution < 1.29 is 19.8 Å². The van der Waals surface area contributed by atoms with E-state index in [0.29, 0.717) is 18.8 Å². The number of aliphatic carboxylic acids is 2. The Morgan fingerprint density at radius 3 is 2.00 bits per heavy atom. The van der Waals surface area contributed by atoms with Gasteiger partial charge in [0.1, 0.15) is 0 Å². The zero-order valence-corrected chi connectivity index (χ0v) is 7.56. The van der Waals surface area contributed by atoms with Gasteiger partial charge in [0, 0.05) is 0 Å². The van der Waals surface area contributed by atoms with Gasteiger partial charge in [-0.1, -0.05) is 6.92 Å². The lowest BCUT2D eigenvalue weighted by Crippen LogP contribution is -2.34. The van der Waals surface area contributed by atoms with Gasteiger partial charge in [-0.05, 0) is 25.2 Å². The van der Waals surface area contributed by atoms with E-state index in [-0.39, 0.29) is 17.4 Å². The molecule has 0 amide bonds. The van der Waals surface area contributed by atoms with E-state index >= 15 is 0 Å². The van der Waals surface area contributed by atoms with Gasteiger partial charge in [0.05, 0.1) is 11.8 Å². The predicted octanol–water partition coefficient (Wildman–Crippen LogP) is 0.0241. The number of carboxylic acid groups (broad SMARTS) is 2. The van der Waals surface area contributed by atoms with Crippen LogP contribution in [0.5, 0.6) is 0 Å². The van der Waals surface area contributed by atoms with Gasteiger partial charge in [-0.25, -0.2) is 0 Å². The van der Waals surface area contributed by atoms with E-state index in [9.17, 15) is 9.59 Å². The van der Waals surface area contributed by atoms with Gasteiger partial charge in [0.15, 0.2) is 17.4 Å². The van der Waals surface area contributed by atoms with Gasteiger partial charge in [-0.2, -0.15) is 0 Å². The highest BCUT2D eigenvalue weighted by atomic mass is 27.0. The topological polar surface area (TPSA) is 74.6 Å². The van der Waals surface area contributed by atoms with Gasteiger partial charge < -0.3 is 10.2 Å². The summed E-state index contributed by atoms with van der Waals surface area (Å²) in [6.45, 7) is 1.97. The van der Waals surface area contributed by atoms with Gasteiger partial charge in [0.2, 0.25) is 0 Å². The molecule has 3 atom stereocenters. The molecule has 0 heterocycles. The lowest BCUT2D eigenvalue weighted by atomic mass is 9.75. The molecule has 4 nitrogen and oxygen atoms in total. The molecule has 5 heteroatoms. The summed E-state index contributed by atoms with van der Waals surface area (Å²) < 4.78 is 0. The van der Waals surface area contributed by atoms with Crippen LogP contribution in [0.4, 0.5) is 0 Å². The van der Waals surface area contributed by atoms with E-state index in [2.05, 4.69) is 0 Å². The molecular formula is C9H17AlO4. The van der Waals surface area contributed by atoms with Crippen LogP contribution in [0.15, 0.2) is 0 Å². The van der Waals surface area contributed by atoms with Crippen LogP contribution in [-0.2, 0) is 9.59 Å². The number of hydrogen-bond acceptors (Lipinski definition) is 2. The molecule has 1 saturated carbocycles. The molecule has 0 saturated heterocycles. The van der Waals surface area contributed by atoms with Crippen LogP contribution < -0.4 is 0 Å². The molecule has 0 bridgehead atoms. The highest BCUT2D eigenvalue weighted by molar-refractivity contribution is 5.80. The van der Waals surface area contributed by atoms with E-state index in [1.807, 2.05) is 6.92 Å². The van der Waals surface area contributed by atoms with Crippen LogP contribution in [-0.4, -0.2) is 39.5 Å². The number of carboxylic acids is 2. The highest BCUT2D eigenvalue weighted by Crippen LogP contribution is 2.33. The third-order valence-electron chi connectivity index (χ3n) is 2.75. The van der Waals surface area contributed by atoms with Gasteiger partial charge in [-0.15, -0.1) is 0 Å². The average molecular weight is 216 g/mol. The summed E-state index contributed by atoms with van der Waals surface area (Å²) >= 11 is 0. The molecule has 80 valence electrons. The van der Waals surface area contributed by atoms with Gasteiger partial charge in [-0.3, -0.25) is 9.59 Å². The smallest absolute Gasteiger partial charge is 0.307 e. The van der Waals surface area contributed by atoms with Crippen molar-refractivity contribution in [1.29, 1.82) is 0 Å². The minimum absolute atomic E-state index is 0. The van der Waals surface area contributed by atoms with Crippen molar-refractivity contribution >= 4 is 29.3 Å². The third kappa shape index (κ3) is 3.00. The summed E-state index contributed by atoms with van der Waals surface area (Å²) in [4.78, 5) is 21.5. The standard InChI is InChI=1S/C9H14O4.Al.3H/c1-5-2-3-6(8(10)11)7(4-5)9(12)13;;;;/h5-7H,2-4H2,1H3,(H,10,11)(H,12,13);;;;. The van der Waals surface area contributed by atoms with Crippen molar-refractivity contribution in [3.05, 3.63) is 0 Å². The fraction of sp³-hybridized carbons (Fsp3) is 0.778. The first-order chi connectivity index (χ1) is 6.02. The SMILES string of the molecule is CC1CCC(C(=O)O)C(C(=O)O)C1.[AlH3]. The van der Waals surface area contributed by atoms with E-state index < -0.39 is 23.8 Å². The molecule has 0 aliphatic heterocycles. The summed E-state index contributed by atoms with van der Waals surface area (Å²) in [5.74, 6) is -3.00. The number of hydrogen-bond donors (Lipinski definition) is 2. The largest absolute Gasteiger partial charge is 0.481 e. The number of carbonyl (C=O) groups is 2. The minimum Gasteiger partial charge on any atom is -0.481 e. The van der Waals surface area contributed by atoms with Crippen molar-refractivity contribution in [1.82, 2.24) is 0 Å². The zero-order chi connectivity index (χ0) is 10.0. The molecule has 3 unspecified atom stereocenters. The zero-order valence-electron chi connectivity index (χ0n) is 7.56. The number of rotatable bonds is 2. The van der Waals surface area contributed by atoms with Crippen LogP contribution in [0.3, 0.4) is 0 Å². The molecule has 0 aromatic carbocycles. The van der Waals surface area contributed by atoms with Gasteiger partial charge >= 0.3 is 11.9 Å². The van der Waals surface area contributed by atoms with Crippen LogP contribution in [0.1, 0.15) is 26.2 Å². The Labute approximate surface area is 93.4 Å². The fourth-order valence-corrected chi connectivity index (χ4v) is 1.95. The fourth-order valence-electron chi connectivity index (χ4n) is 1.95. The van der Waals surface area contributed by atoms with Crippen molar-refractivity contribution in [3.8, 4) is 0 Å². The summed E-state index contributed by atoms with van der Waals surface area (Å²) in [6, 6.07) is 0. The van der Waals surface area contributed by atoms with E-state index in [1.54, 1.807) is 0 Å². The summed E-state index contributed by atoms with van der Waals surface area (Å²) in [6.07, 6.45) is 1.81. The highest BCUT2D eigenvalue weighted by Gasteiger charge is 2.37. The lowest BCUT2D eigenvalue weighted by molar-refractivity contribution is -0.156. The first kappa shape index (κ1) is 13.5. The molecule has 0 aromatic rings. The van der Waals surface area contributed by atoms with Crippen LogP contribution >= 0.6 is 0 Å². The van der Waals surface area contributed by atoms with E-state index in [4.69, 9.17) is 10.2 Å². The maximum Gasteiger partial charge on any atom is 0.307 e. The summed E-state index contributed by atoms with van der Waals surface area (Å²) in [5.41, 5.74) is 0. The van der Waals surface area contributed by atoms with E-state index in [0.717, 1.165) is 6.42 Å². The second-order valence-electron chi connectivity index (χ2n) is 3.81. The second kappa shape index (κ2) is 5.38. The molecule has 1 fully saturated rings. The molecule has 2 N–H and O–H groups in total. The third-order valence-corrected chi connectivity index (χ3v) is 2.75. The van der Waals surface area contributed by atoms with Crippen molar-refractivity contribution in [2.24, 2.45) is 17.8 Å². The molecule has 14 heavy (non-hydrogen) atoms. The maximum atomic E-state index is 10.8. The average Bonchev–Trinajstić information content (AvgIpc) is 2.03. The Hall–Kier alpha value is -0.528. The Kier molecular flexibility index (Phi) is 5.17. The molecule has 1 rings (SSSR count). The van der Waals surface area contributed by atoms with Crippen LogP contribution in [0.2, 0.25) is 0 Å². The monoisotopic (exact) mass is 216 g/mol. The Balaban J connectivity index is 0.00000169. The lowest BCUT2D eigenvalue weighted by Gasteiger charge is -2.29. The molecule has 0 spiro atoms. The predicted molar refractivity (Wildman–Crippen MR) is 55.2 cm³/mol. The maximum absolute atomic E-state index is 10.8. The first-order valence-corrected chi connectivity index (χ1v) is 4.48. The van der Waals surface area contributed by atoms with Crippen LogP contribution in [0.25, 0.3) is 0 Å². The summed E-state index contributed by atoms with van der Waals surface area (Å²) in [5, 5.41) is 17.6. The normalized spacial score (nSPS) is 31.6. The summed E-state index contributed by atoms with van der Waals surface area (Å²) in [7, 11) is 0. The molecular weight excluding hydrogens is 199 g/mol. The van der Waals surface area contributed by atoms with Crippen LogP contribution in [0, 0.1) is 17.8 Å². The Bertz CT molecular complexity index is 229.